The molecule has 2 aromatic carbocycles. The van der Waals surface area contributed by atoms with Crippen LogP contribution in [-0.2, 0) is 26.0 Å². The van der Waals surface area contributed by atoms with Gasteiger partial charge >= 0.3 is 0 Å². The average molecular weight is 504 g/mol. The fourth-order valence-corrected chi connectivity index (χ4v) is 4.62. The van der Waals surface area contributed by atoms with Crippen LogP contribution in [0, 0.1) is 0 Å². The zero-order valence-corrected chi connectivity index (χ0v) is 22.0. The standard InChI is InChI=1S/C26H37N3O5S/c1-6-24(26(31)27-20(3)4)28(18-17-21-11-9-8-10-12-21)25(30)19-29(35(5,32)33)22-13-15-23(16-14-22)34-7-2/h8-16,20,24H,6-7,17-19H2,1-5H3,(H,27,31). The second-order valence-electron chi connectivity index (χ2n) is 8.61. The molecule has 0 saturated heterocycles. The molecule has 0 fully saturated rings. The molecule has 0 saturated carbocycles. The smallest absolute Gasteiger partial charge is 0.244 e. The van der Waals surface area contributed by atoms with Crippen molar-refractivity contribution in [2.75, 3.05) is 30.3 Å². The molecule has 9 heteroatoms. The number of rotatable bonds is 13. The third-order valence-corrected chi connectivity index (χ3v) is 6.56. The van der Waals surface area contributed by atoms with E-state index in [-0.39, 0.29) is 18.5 Å². The van der Waals surface area contributed by atoms with Crippen LogP contribution in [0.2, 0.25) is 0 Å². The normalized spacial score (nSPS) is 12.2. The predicted octanol–water partition coefficient (Wildman–Crippen LogP) is 3.23. The topological polar surface area (TPSA) is 96.0 Å². The summed E-state index contributed by atoms with van der Waals surface area (Å²) in [5.41, 5.74) is 1.38. The molecule has 0 spiro atoms. The lowest BCUT2D eigenvalue weighted by molar-refractivity contribution is -0.139. The lowest BCUT2D eigenvalue weighted by Crippen LogP contribution is -2.54. The van der Waals surface area contributed by atoms with E-state index in [4.69, 9.17) is 4.74 Å². The van der Waals surface area contributed by atoms with Gasteiger partial charge in [0.25, 0.3) is 0 Å². The van der Waals surface area contributed by atoms with E-state index in [0.717, 1.165) is 16.1 Å². The quantitative estimate of drug-likeness (QED) is 0.453. The Labute approximate surface area is 209 Å². The summed E-state index contributed by atoms with van der Waals surface area (Å²) in [5, 5.41) is 2.88. The molecule has 0 heterocycles. The van der Waals surface area contributed by atoms with Crippen molar-refractivity contribution in [2.24, 2.45) is 0 Å². The Kier molecular flexibility index (Phi) is 10.6. The number of nitrogens with zero attached hydrogens (tertiary/aromatic N) is 2. The Bertz CT molecular complexity index is 1060. The maximum atomic E-state index is 13.6. The van der Waals surface area contributed by atoms with Crippen LogP contribution in [-0.4, -0.2) is 63.2 Å². The highest BCUT2D eigenvalue weighted by atomic mass is 32.2. The Morgan fingerprint density at radius 3 is 2.14 bits per heavy atom. The van der Waals surface area contributed by atoms with Crippen LogP contribution in [0.4, 0.5) is 5.69 Å². The van der Waals surface area contributed by atoms with Gasteiger partial charge in [-0.25, -0.2) is 8.42 Å². The van der Waals surface area contributed by atoms with Crippen LogP contribution < -0.4 is 14.4 Å². The van der Waals surface area contributed by atoms with E-state index in [2.05, 4.69) is 5.32 Å². The summed E-state index contributed by atoms with van der Waals surface area (Å²) >= 11 is 0. The fraction of sp³-hybridized carbons (Fsp3) is 0.462. The van der Waals surface area contributed by atoms with E-state index in [1.165, 1.54) is 4.90 Å². The third-order valence-electron chi connectivity index (χ3n) is 5.42. The van der Waals surface area contributed by atoms with Crippen LogP contribution in [0.3, 0.4) is 0 Å². The molecular formula is C26H37N3O5S. The second-order valence-corrected chi connectivity index (χ2v) is 10.5. The number of carbonyl (C=O) groups excluding carboxylic acids is 2. The molecule has 1 atom stereocenters. The Morgan fingerprint density at radius 2 is 1.63 bits per heavy atom. The van der Waals surface area contributed by atoms with Crippen LogP contribution in [0.5, 0.6) is 5.75 Å². The zero-order valence-electron chi connectivity index (χ0n) is 21.2. The number of hydrogen-bond acceptors (Lipinski definition) is 5. The van der Waals surface area contributed by atoms with Gasteiger partial charge in [-0.15, -0.1) is 0 Å². The molecular weight excluding hydrogens is 466 g/mol. The molecule has 1 N–H and O–H groups in total. The Balaban J connectivity index is 2.34. The molecule has 35 heavy (non-hydrogen) atoms. The number of carbonyl (C=O) groups is 2. The van der Waals surface area contributed by atoms with Gasteiger partial charge in [0.1, 0.15) is 18.3 Å². The van der Waals surface area contributed by atoms with Gasteiger partial charge < -0.3 is 15.0 Å². The minimum absolute atomic E-state index is 0.0843. The van der Waals surface area contributed by atoms with E-state index in [0.29, 0.717) is 30.9 Å². The van der Waals surface area contributed by atoms with Crippen LogP contribution in [0.25, 0.3) is 0 Å². The summed E-state index contributed by atoms with van der Waals surface area (Å²) in [4.78, 5) is 28.0. The molecule has 0 radical (unpaired) electrons. The van der Waals surface area contributed by atoms with Gasteiger partial charge in [0, 0.05) is 12.6 Å². The molecule has 0 aliphatic carbocycles. The fourth-order valence-electron chi connectivity index (χ4n) is 3.77. The molecule has 0 bridgehead atoms. The van der Waals surface area contributed by atoms with Gasteiger partial charge in [-0.05, 0) is 63.4 Å². The largest absolute Gasteiger partial charge is 0.494 e. The van der Waals surface area contributed by atoms with Crippen molar-refractivity contribution in [3.8, 4) is 5.75 Å². The molecule has 192 valence electrons. The maximum Gasteiger partial charge on any atom is 0.244 e. The van der Waals surface area contributed by atoms with Crippen LogP contribution >= 0.6 is 0 Å². The monoisotopic (exact) mass is 503 g/mol. The first-order valence-electron chi connectivity index (χ1n) is 11.9. The van der Waals surface area contributed by atoms with Crippen molar-refractivity contribution in [1.29, 1.82) is 0 Å². The van der Waals surface area contributed by atoms with Crippen molar-refractivity contribution in [2.45, 2.75) is 52.6 Å². The van der Waals surface area contributed by atoms with E-state index >= 15 is 0 Å². The van der Waals surface area contributed by atoms with Gasteiger partial charge in [0.05, 0.1) is 18.6 Å². The highest BCUT2D eigenvalue weighted by molar-refractivity contribution is 7.92. The van der Waals surface area contributed by atoms with Crippen molar-refractivity contribution in [3.05, 3.63) is 60.2 Å². The van der Waals surface area contributed by atoms with Crippen molar-refractivity contribution in [3.63, 3.8) is 0 Å². The van der Waals surface area contributed by atoms with Gasteiger partial charge in [-0.1, -0.05) is 37.3 Å². The predicted molar refractivity (Wildman–Crippen MR) is 139 cm³/mol. The summed E-state index contributed by atoms with van der Waals surface area (Å²) < 4.78 is 31.8. The maximum absolute atomic E-state index is 13.6. The van der Waals surface area contributed by atoms with Crippen molar-refractivity contribution < 1.29 is 22.7 Å². The molecule has 0 aromatic heterocycles. The van der Waals surface area contributed by atoms with Gasteiger partial charge in [0.2, 0.25) is 21.8 Å². The molecule has 0 aliphatic rings. The third kappa shape index (κ3) is 8.58. The summed E-state index contributed by atoms with van der Waals surface area (Å²) in [6.45, 7) is 7.78. The lowest BCUT2D eigenvalue weighted by Gasteiger charge is -2.33. The molecule has 0 aliphatic heterocycles. The van der Waals surface area contributed by atoms with Gasteiger partial charge in [-0.2, -0.15) is 0 Å². The number of nitrogens with one attached hydrogen (secondary N) is 1. The van der Waals surface area contributed by atoms with Crippen molar-refractivity contribution in [1.82, 2.24) is 10.2 Å². The van der Waals surface area contributed by atoms with Crippen LogP contribution in [0.1, 0.15) is 39.7 Å². The number of benzene rings is 2. The van der Waals surface area contributed by atoms with Gasteiger partial charge in [0.15, 0.2) is 0 Å². The number of ether oxygens (including phenoxy) is 1. The van der Waals surface area contributed by atoms with Crippen LogP contribution in [0.15, 0.2) is 54.6 Å². The SMILES string of the molecule is CCOc1ccc(N(CC(=O)N(CCc2ccccc2)C(CC)C(=O)NC(C)C)S(C)(=O)=O)cc1. The first kappa shape index (κ1) is 28.2. The Hall–Kier alpha value is -3.07. The second kappa shape index (κ2) is 13.1. The first-order chi connectivity index (χ1) is 16.6. The molecule has 2 rings (SSSR count). The summed E-state index contributed by atoms with van der Waals surface area (Å²) in [6, 6.07) is 15.4. The van der Waals surface area contributed by atoms with E-state index in [1.54, 1.807) is 24.3 Å². The van der Waals surface area contributed by atoms with Gasteiger partial charge in [-0.3, -0.25) is 13.9 Å². The first-order valence-corrected chi connectivity index (χ1v) is 13.8. The zero-order chi connectivity index (χ0) is 26.0. The lowest BCUT2D eigenvalue weighted by atomic mass is 10.1. The number of sulfonamides is 1. The molecule has 8 nitrogen and oxygen atoms in total. The number of anilines is 1. The van der Waals surface area contributed by atoms with E-state index in [1.807, 2.05) is 58.0 Å². The minimum Gasteiger partial charge on any atom is -0.494 e. The summed E-state index contributed by atoms with van der Waals surface area (Å²) in [5.74, 6) is -0.0844. The minimum atomic E-state index is -3.77. The molecule has 1 unspecified atom stereocenters. The van der Waals surface area contributed by atoms with Crippen molar-refractivity contribution >= 4 is 27.5 Å². The summed E-state index contributed by atoms with van der Waals surface area (Å²) in [7, 11) is -3.77. The highest BCUT2D eigenvalue weighted by Crippen LogP contribution is 2.22. The Morgan fingerprint density at radius 1 is 1.00 bits per heavy atom. The number of amides is 2. The average Bonchev–Trinajstić information content (AvgIpc) is 2.80. The van der Waals surface area contributed by atoms with E-state index < -0.39 is 28.5 Å². The molecule has 2 aromatic rings. The van der Waals surface area contributed by atoms with E-state index in [9.17, 15) is 18.0 Å². The highest BCUT2D eigenvalue weighted by Gasteiger charge is 2.31. The summed E-state index contributed by atoms with van der Waals surface area (Å²) in [6.07, 6.45) is 2.01. The molecule has 2 amide bonds. The number of hydrogen-bond donors (Lipinski definition) is 1.